The molecule has 7 nitrogen and oxygen atoms in total. The first-order chi connectivity index (χ1) is 13.4. The molecule has 0 aromatic rings. The summed E-state index contributed by atoms with van der Waals surface area (Å²) in [5.74, 6) is 0. The summed E-state index contributed by atoms with van der Waals surface area (Å²) in [7, 11) is 1.37. The Morgan fingerprint density at radius 2 is 1.52 bits per heavy atom. The van der Waals surface area contributed by atoms with E-state index in [0.717, 1.165) is 25.9 Å². The van der Waals surface area contributed by atoms with Crippen LogP contribution < -0.4 is 10.3 Å². The van der Waals surface area contributed by atoms with Crippen LogP contribution in [0.4, 0.5) is 0 Å². The Kier molecular flexibility index (Phi) is 17.8. The van der Waals surface area contributed by atoms with Crippen LogP contribution in [-0.4, -0.2) is 55.7 Å². The van der Waals surface area contributed by atoms with Gasteiger partial charge in [-0.15, -0.1) is 0 Å². The molecular formula is C19H42N2O5Si. The summed E-state index contributed by atoms with van der Waals surface area (Å²) in [5, 5.41) is 3.30. The fourth-order valence-electron chi connectivity index (χ4n) is 3.25. The first-order valence-corrected chi connectivity index (χ1v) is 12.1. The highest BCUT2D eigenvalue weighted by Crippen LogP contribution is 2.22. The molecule has 0 aromatic carbocycles. The molecule has 8 heteroatoms. The minimum Gasteiger partial charge on any atom is -0.409 e. The van der Waals surface area contributed by atoms with E-state index < -0.39 is 9.92 Å². The fourth-order valence-corrected chi connectivity index (χ4v) is 3.76. The first-order valence-electron chi connectivity index (χ1n) is 10.9. The third-order valence-corrected chi connectivity index (χ3v) is 5.89. The van der Waals surface area contributed by atoms with Gasteiger partial charge in [0.1, 0.15) is 12.8 Å². The van der Waals surface area contributed by atoms with Gasteiger partial charge in [-0.05, 0) is 46.1 Å². The molecule has 0 saturated heterocycles. The molecule has 2 atom stereocenters. The number of likely N-dealkylation sites (N-methyl/N-ethyl adjacent to an activating group) is 1. The minimum absolute atomic E-state index is 0.234. The van der Waals surface area contributed by atoms with Crippen molar-refractivity contribution >= 4 is 9.92 Å². The van der Waals surface area contributed by atoms with Crippen LogP contribution in [-0.2, 0) is 24.0 Å². The standard InChI is InChI=1S/C19H42N2O5Si/c1-3-25-27-21-17-24-22-15-10-8-6-4-5-7-9-11-16-23-26-19-14-12-13-18(19)20-2/h18-21H,3-17,27H2,1-2H3. The maximum absolute atomic E-state index is 5.54. The largest absolute Gasteiger partial charge is 0.409 e. The molecular weight excluding hydrogens is 364 g/mol. The van der Waals surface area contributed by atoms with E-state index in [1.54, 1.807) is 0 Å². The van der Waals surface area contributed by atoms with Gasteiger partial charge in [0, 0.05) is 12.6 Å². The lowest BCUT2D eigenvalue weighted by molar-refractivity contribution is -0.326. The van der Waals surface area contributed by atoms with Gasteiger partial charge in [-0.25, -0.2) is 19.6 Å². The summed E-state index contributed by atoms with van der Waals surface area (Å²) in [6.07, 6.45) is 13.5. The summed E-state index contributed by atoms with van der Waals surface area (Å²) in [6.45, 7) is 4.57. The molecule has 1 rings (SSSR count). The van der Waals surface area contributed by atoms with Crippen molar-refractivity contribution in [3.05, 3.63) is 0 Å². The second kappa shape index (κ2) is 19.3. The lowest BCUT2D eigenvalue weighted by atomic mass is 10.1. The lowest BCUT2D eigenvalue weighted by Gasteiger charge is -2.18. The predicted octanol–water partition coefficient (Wildman–Crippen LogP) is 2.73. The Labute approximate surface area is 168 Å². The van der Waals surface area contributed by atoms with Gasteiger partial charge in [-0.3, -0.25) is 4.98 Å². The average molecular weight is 407 g/mol. The number of unbranched alkanes of at least 4 members (excludes halogenated alkanes) is 7. The number of rotatable bonds is 20. The molecule has 1 saturated carbocycles. The van der Waals surface area contributed by atoms with Crippen LogP contribution in [0.25, 0.3) is 0 Å². The fraction of sp³-hybridized carbons (Fsp3) is 1.00. The minimum atomic E-state index is -0.631. The summed E-state index contributed by atoms with van der Waals surface area (Å²) >= 11 is 0. The molecule has 0 bridgehead atoms. The molecule has 162 valence electrons. The van der Waals surface area contributed by atoms with Crippen molar-refractivity contribution in [3.8, 4) is 0 Å². The van der Waals surface area contributed by atoms with E-state index in [1.165, 1.54) is 51.4 Å². The van der Waals surface area contributed by atoms with Gasteiger partial charge < -0.3 is 9.74 Å². The van der Waals surface area contributed by atoms with Gasteiger partial charge in [0.25, 0.3) is 0 Å². The zero-order valence-corrected chi connectivity index (χ0v) is 18.9. The van der Waals surface area contributed by atoms with Crippen molar-refractivity contribution in [2.24, 2.45) is 0 Å². The van der Waals surface area contributed by atoms with Crippen LogP contribution in [0, 0.1) is 0 Å². The summed E-state index contributed by atoms with van der Waals surface area (Å²) < 4.78 is 5.26. The van der Waals surface area contributed by atoms with Crippen LogP contribution >= 0.6 is 0 Å². The van der Waals surface area contributed by atoms with Gasteiger partial charge >= 0.3 is 0 Å². The summed E-state index contributed by atoms with van der Waals surface area (Å²) in [5.41, 5.74) is 0. The normalized spacial score (nSPS) is 20.2. The molecule has 2 N–H and O–H groups in total. The zero-order chi connectivity index (χ0) is 19.4. The van der Waals surface area contributed by atoms with Crippen molar-refractivity contribution in [2.45, 2.75) is 89.7 Å². The quantitative estimate of drug-likeness (QED) is 0.106. The lowest BCUT2D eigenvalue weighted by Crippen LogP contribution is -2.34. The molecule has 2 unspecified atom stereocenters. The maximum Gasteiger partial charge on any atom is 0.237 e. The number of hydrogen-bond acceptors (Lipinski definition) is 7. The molecule has 1 aliphatic carbocycles. The highest BCUT2D eigenvalue weighted by molar-refractivity contribution is 6.23. The van der Waals surface area contributed by atoms with Crippen LogP contribution in [0.5, 0.6) is 0 Å². The molecule has 0 radical (unpaired) electrons. The molecule has 27 heavy (non-hydrogen) atoms. The summed E-state index contributed by atoms with van der Waals surface area (Å²) in [6, 6.07) is 0.459. The van der Waals surface area contributed by atoms with E-state index in [2.05, 4.69) is 10.3 Å². The third kappa shape index (κ3) is 14.6. The molecule has 1 fully saturated rings. The maximum atomic E-state index is 5.54. The molecule has 0 amide bonds. The van der Waals surface area contributed by atoms with Crippen molar-refractivity contribution in [3.63, 3.8) is 0 Å². The monoisotopic (exact) mass is 406 g/mol. The van der Waals surface area contributed by atoms with Crippen molar-refractivity contribution in [1.29, 1.82) is 0 Å². The van der Waals surface area contributed by atoms with Gasteiger partial charge in [0.2, 0.25) is 9.92 Å². The molecule has 0 spiro atoms. The Morgan fingerprint density at radius 1 is 0.852 bits per heavy atom. The van der Waals surface area contributed by atoms with E-state index in [4.69, 9.17) is 24.0 Å². The van der Waals surface area contributed by atoms with E-state index >= 15 is 0 Å². The van der Waals surface area contributed by atoms with Crippen LogP contribution in [0.2, 0.25) is 0 Å². The third-order valence-electron chi connectivity index (χ3n) is 4.87. The number of hydrogen-bond donors (Lipinski definition) is 2. The zero-order valence-electron chi connectivity index (χ0n) is 17.5. The van der Waals surface area contributed by atoms with Gasteiger partial charge in [-0.1, -0.05) is 38.5 Å². The van der Waals surface area contributed by atoms with Crippen LogP contribution in [0.3, 0.4) is 0 Å². The highest BCUT2D eigenvalue weighted by atomic mass is 28.2. The van der Waals surface area contributed by atoms with E-state index in [1.807, 2.05) is 14.0 Å². The Morgan fingerprint density at radius 3 is 2.19 bits per heavy atom. The van der Waals surface area contributed by atoms with Crippen LogP contribution in [0.15, 0.2) is 0 Å². The van der Waals surface area contributed by atoms with Gasteiger partial charge in [-0.2, -0.15) is 0 Å². The van der Waals surface area contributed by atoms with E-state index in [-0.39, 0.29) is 6.10 Å². The van der Waals surface area contributed by atoms with Crippen molar-refractivity contribution in [2.75, 3.05) is 33.6 Å². The second-order valence-electron chi connectivity index (χ2n) is 7.08. The Balaban J connectivity index is 1.69. The molecule has 0 heterocycles. The van der Waals surface area contributed by atoms with Gasteiger partial charge in [0.15, 0.2) is 0 Å². The van der Waals surface area contributed by atoms with Crippen molar-refractivity contribution < 1.29 is 24.0 Å². The smallest absolute Gasteiger partial charge is 0.237 e. The molecule has 0 aromatic heterocycles. The van der Waals surface area contributed by atoms with Gasteiger partial charge in [0.05, 0.1) is 13.2 Å². The molecule has 1 aliphatic rings. The highest BCUT2D eigenvalue weighted by Gasteiger charge is 2.27. The van der Waals surface area contributed by atoms with Crippen LogP contribution in [0.1, 0.15) is 77.6 Å². The predicted molar refractivity (Wildman–Crippen MR) is 110 cm³/mol. The van der Waals surface area contributed by atoms with E-state index in [0.29, 0.717) is 26.0 Å². The summed E-state index contributed by atoms with van der Waals surface area (Å²) in [4.78, 5) is 24.2. The van der Waals surface area contributed by atoms with Crippen molar-refractivity contribution in [1.82, 2.24) is 10.3 Å². The Hall–Kier alpha value is -0.0631. The van der Waals surface area contributed by atoms with E-state index in [9.17, 15) is 0 Å². The topological polar surface area (TPSA) is 70.2 Å². The molecule has 0 aliphatic heterocycles. The SMILES string of the molecule is CCO[SiH2]NCOOCCCCCCCCCCOOC1CCCC1NC. The first kappa shape index (κ1) is 25.0. The second-order valence-corrected chi connectivity index (χ2v) is 8.28. The average Bonchev–Trinajstić information content (AvgIpc) is 3.14. The number of nitrogens with one attached hydrogen (secondary N) is 2. The Bertz CT molecular complexity index is 316.